The first-order valence-corrected chi connectivity index (χ1v) is 5.35. The van der Waals surface area contributed by atoms with E-state index in [1.165, 1.54) is 0 Å². The summed E-state index contributed by atoms with van der Waals surface area (Å²) in [6.07, 6.45) is 2.96. The molecule has 0 radical (unpaired) electrons. The maximum atomic E-state index is 11.0. The van der Waals surface area contributed by atoms with Crippen molar-refractivity contribution in [1.29, 1.82) is 0 Å². The van der Waals surface area contributed by atoms with Gasteiger partial charge in [-0.1, -0.05) is 0 Å². The van der Waals surface area contributed by atoms with Crippen LogP contribution in [0, 0.1) is 0 Å². The van der Waals surface area contributed by atoms with Crippen LogP contribution < -0.4 is 0 Å². The SMILES string of the molecule is CN1CCCN2C(CCC2C(=O)O)C1. The maximum absolute atomic E-state index is 11.0. The third-order valence-electron chi connectivity index (χ3n) is 3.41. The van der Waals surface area contributed by atoms with E-state index in [9.17, 15) is 4.79 Å². The highest BCUT2D eigenvalue weighted by molar-refractivity contribution is 5.73. The molecule has 0 aliphatic carbocycles. The number of aliphatic carboxylic acids is 1. The second-order valence-electron chi connectivity index (χ2n) is 4.44. The number of nitrogens with zero attached hydrogens (tertiary/aromatic N) is 2. The lowest BCUT2D eigenvalue weighted by atomic mass is 10.2. The van der Waals surface area contributed by atoms with Crippen molar-refractivity contribution in [2.45, 2.75) is 31.3 Å². The summed E-state index contributed by atoms with van der Waals surface area (Å²) in [6, 6.07) is 0.259. The van der Waals surface area contributed by atoms with Gasteiger partial charge in [-0.15, -0.1) is 0 Å². The van der Waals surface area contributed by atoms with Crippen molar-refractivity contribution in [2.75, 3.05) is 26.7 Å². The van der Waals surface area contributed by atoms with Gasteiger partial charge < -0.3 is 10.0 Å². The normalized spacial score (nSPS) is 35.2. The van der Waals surface area contributed by atoms with E-state index in [4.69, 9.17) is 5.11 Å². The molecule has 1 N–H and O–H groups in total. The van der Waals surface area contributed by atoms with Crippen LogP contribution in [0.4, 0.5) is 0 Å². The van der Waals surface area contributed by atoms with Crippen molar-refractivity contribution in [1.82, 2.24) is 9.80 Å². The van der Waals surface area contributed by atoms with Gasteiger partial charge in [0, 0.05) is 19.1 Å². The fourth-order valence-electron chi connectivity index (χ4n) is 2.71. The molecule has 80 valence electrons. The Balaban J connectivity index is 2.06. The smallest absolute Gasteiger partial charge is 0.320 e. The van der Waals surface area contributed by atoms with Gasteiger partial charge in [-0.05, 0) is 32.9 Å². The molecular weight excluding hydrogens is 180 g/mol. The van der Waals surface area contributed by atoms with E-state index in [0.29, 0.717) is 6.04 Å². The van der Waals surface area contributed by atoms with Crippen molar-refractivity contribution in [2.24, 2.45) is 0 Å². The molecule has 0 amide bonds. The number of carboxylic acid groups (broad SMARTS) is 1. The summed E-state index contributed by atoms with van der Waals surface area (Å²) in [5.41, 5.74) is 0. The summed E-state index contributed by atoms with van der Waals surface area (Å²) in [5.74, 6) is -0.642. The van der Waals surface area contributed by atoms with E-state index in [1.54, 1.807) is 0 Å². The molecular formula is C10H18N2O2. The Hall–Kier alpha value is -0.610. The molecule has 0 saturated carbocycles. The molecule has 2 atom stereocenters. The van der Waals surface area contributed by atoms with Crippen LogP contribution >= 0.6 is 0 Å². The average molecular weight is 198 g/mol. The van der Waals surface area contributed by atoms with Crippen LogP contribution in [0.2, 0.25) is 0 Å². The first-order valence-electron chi connectivity index (χ1n) is 5.35. The molecule has 14 heavy (non-hydrogen) atoms. The molecule has 2 rings (SSSR count). The number of likely N-dealkylation sites (N-methyl/N-ethyl adjacent to an activating group) is 1. The first kappa shape index (κ1) is 9.93. The van der Waals surface area contributed by atoms with Crippen molar-refractivity contribution >= 4 is 5.97 Å². The van der Waals surface area contributed by atoms with Gasteiger partial charge >= 0.3 is 5.97 Å². The minimum absolute atomic E-state index is 0.216. The number of hydrogen-bond acceptors (Lipinski definition) is 3. The largest absolute Gasteiger partial charge is 0.480 e. The van der Waals surface area contributed by atoms with E-state index < -0.39 is 5.97 Å². The van der Waals surface area contributed by atoms with Crippen LogP contribution in [-0.2, 0) is 4.79 Å². The Morgan fingerprint density at radius 3 is 2.86 bits per heavy atom. The molecule has 2 fully saturated rings. The van der Waals surface area contributed by atoms with Crippen molar-refractivity contribution in [3.8, 4) is 0 Å². The molecule has 0 spiro atoms. The number of hydrogen-bond donors (Lipinski definition) is 1. The lowest BCUT2D eigenvalue weighted by molar-refractivity contribution is -0.142. The van der Waals surface area contributed by atoms with Crippen LogP contribution in [-0.4, -0.2) is 59.6 Å². The highest BCUT2D eigenvalue weighted by Gasteiger charge is 2.38. The van der Waals surface area contributed by atoms with E-state index in [1.807, 2.05) is 0 Å². The van der Waals surface area contributed by atoms with Gasteiger partial charge in [0.05, 0.1) is 0 Å². The Morgan fingerprint density at radius 2 is 2.14 bits per heavy atom. The third kappa shape index (κ3) is 1.77. The minimum atomic E-state index is -0.642. The number of carboxylic acids is 1. The predicted octanol–water partition coefficient (Wildman–Crippen LogP) is 0.239. The molecule has 2 aliphatic rings. The molecule has 2 unspecified atom stereocenters. The van der Waals surface area contributed by atoms with Crippen LogP contribution in [0.15, 0.2) is 0 Å². The van der Waals surface area contributed by atoms with E-state index in [0.717, 1.165) is 38.9 Å². The van der Waals surface area contributed by atoms with Crippen LogP contribution in [0.1, 0.15) is 19.3 Å². The molecule has 4 heteroatoms. The monoisotopic (exact) mass is 198 g/mol. The minimum Gasteiger partial charge on any atom is -0.480 e. The Bertz CT molecular complexity index is 232. The Labute approximate surface area is 84.5 Å². The second-order valence-corrected chi connectivity index (χ2v) is 4.44. The van der Waals surface area contributed by atoms with Crippen LogP contribution in [0.3, 0.4) is 0 Å². The van der Waals surface area contributed by atoms with E-state index in [2.05, 4.69) is 16.8 Å². The Kier molecular flexibility index (Phi) is 2.74. The zero-order valence-electron chi connectivity index (χ0n) is 8.65. The summed E-state index contributed by atoms with van der Waals surface area (Å²) in [7, 11) is 2.12. The summed E-state index contributed by atoms with van der Waals surface area (Å²) in [5, 5.41) is 9.05. The molecule has 2 aliphatic heterocycles. The van der Waals surface area contributed by atoms with Crippen LogP contribution in [0.25, 0.3) is 0 Å². The summed E-state index contributed by atoms with van der Waals surface area (Å²) in [4.78, 5) is 15.5. The highest BCUT2D eigenvalue weighted by atomic mass is 16.4. The quantitative estimate of drug-likeness (QED) is 0.655. The summed E-state index contributed by atoms with van der Waals surface area (Å²) in [6.45, 7) is 3.08. The van der Waals surface area contributed by atoms with Gasteiger partial charge in [-0.25, -0.2) is 0 Å². The summed E-state index contributed by atoms with van der Waals surface area (Å²) < 4.78 is 0. The predicted molar refractivity (Wildman–Crippen MR) is 53.3 cm³/mol. The molecule has 0 aromatic rings. The molecule has 2 saturated heterocycles. The van der Waals surface area contributed by atoms with Gasteiger partial charge in [-0.3, -0.25) is 9.69 Å². The standard InChI is InChI=1S/C10H18N2O2/c1-11-5-2-6-12-8(7-11)3-4-9(12)10(13)14/h8-9H,2-7H2,1H3,(H,13,14). The second kappa shape index (κ2) is 3.87. The number of fused-ring (bicyclic) bond motifs is 1. The van der Waals surface area contributed by atoms with Crippen molar-refractivity contribution in [3.05, 3.63) is 0 Å². The molecule has 0 aromatic heterocycles. The third-order valence-corrected chi connectivity index (χ3v) is 3.41. The zero-order chi connectivity index (χ0) is 10.1. The number of rotatable bonds is 1. The van der Waals surface area contributed by atoms with Gasteiger partial charge in [0.2, 0.25) is 0 Å². The van der Waals surface area contributed by atoms with Crippen LogP contribution in [0.5, 0.6) is 0 Å². The summed E-state index contributed by atoms with van der Waals surface area (Å²) >= 11 is 0. The van der Waals surface area contributed by atoms with E-state index in [-0.39, 0.29) is 6.04 Å². The van der Waals surface area contributed by atoms with Crippen molar-refractivity contribution in [3.63, 3.8) is 0 Å². The molecule has 0 bridgehead atoms. The topological polar surface area (TPSA) is 43.8 Å². The molecule has 2 heterocycles. The van der Waals surface area contributed by atoms with Gasteiger partial charge in [-0.2, -0.15) is 0 Å². The first-order chi connectivity index (χ1) is 6.68. The number of carbonyl (C=O) groups is 1. The van der Waals surface area contributed by atoms with Gasteiger partial charge in [0.1, 0.15) is 6.04 Å². The lowest BCUT2D eigenvalue weighted by Gasteiger charge is -2.26. The fourth-order valence-corrected chi connectivity index (χ4v) is 2.71. The lowest BCUT2D eigenvalue weighted by Crippen LogP contribution is -2.42. The van der Waals surface area contributed by atoms with Crippen molar-refractivity contribution < 1.29 is 9.90 Å². The fraction of sp³-hybridized carbons (Fsp3) is 0.900. The highest BCUT2D eigenvalue weighted by Crippen LogP contribution is 2.26. The maximum Gasteiger partial charge on any atom is 0.320 e. The zero-order valence-corrected chi connectivity index (χ0v) is 8.65. The average Bonchev–Trinajstić information content (AvgIpc) is 2.41. The molecule has 0 aromatic carbocycles. The van der Waals surface area contributed by atoms with E-state index >= 15 is 0 Å². The van der Waals surface area contributed by atoms with Gasteiger partial charge in [0.25, 0.3) is 0 Å². The molecule has 4 nitrogen and oxygen atoms in total. The van der Waals surface area contributed by atoms with Gasteiger partial charge in [0.15, 0.2) is 0 Å². The Morgan fingerprint density at radius 1 is 1.36 bits per heavy atom.